The van der Waals surface area contributed by atoms with Crippen molar-refractivity contribution < 1.29 is 4.79 Å². The highest BCUT2D eigenvalue weighted by Crippen LogP contribution is 2.42. The van der Waals surface area contributed by atoms with E-state index in [9.17, 15) is 4.79 Å². The molecule has 1 aliphatic heterocycles. The van der Waals surface area contributed by atoms with Crippen LogP contribution in [0.25, 0.3) is 5.69 Å². The lowest BCUT2D eigenvalue weighted by Crippen LogP contribution is -2.33. The number of anilines is 1. The molecule has 8 heteroatoms. The van der Waals surface area contributed by atoms with E-state index < -0.39 is 0 Å². The Labute approximate surface area is 237 Å². The normalized spacial score (nSPS) is 16.9. The van der Waals surface area contributed by atoms with Gasteiger partial charge < -0.3 is 20.1 Å². The van der Waals surface area contributed by atoms with E-state index >= 15 is 0 Å². The molecule has 0 unspecified atom stereocenters. The van der Waals surface area contributed by atoms with E-state index in [1.807, 2.05) is 61.5 Å². The largest absolute Gasteiger partial charge is 0.352 e. The van der Waals surface area contributed by atoms with Crippen molar-refractivity contribution in [2.24, 2.45) is 0 Å². The fourth-order valence-corrected chi connectivity index (χ4v) is 6.02. The molecule has 0 aliphatic carbocycles. The Kier molecular flexibility index (Phi) is 7.63. The van der Waals surface area contributed by atoms with E-state index in [1.165, 1.54) is 0 Å². The molecule has 4 aromatic rings. The van der Waals surface area contributed by atoms with Gasteiger partial charge in [-0.1, -0.05) is 36.4 Å². The summed E-state index contributed by atoms with van der Waals surface area (Å²) in [5.41, 5.74) is 7.27. The predicted octanol–water partition coefficient (Wildman–Crippen LogP) is 6.56. The highest BCUT2D eigenvalue weighted by Gasteiger charge is 2.41. The second-order valence-electron chi connectivity index (χ2n) is 9.55. The zero-order chi connectivity index (χ0) is 26.8. The van der Waals surface area contributed by atoms with Gasteiger partial charge in [0.2, 0.25) is 5.91 Å². The second kappa shape index (κ2) is 11.1. The van der Waals surface area contributed by atoms with Crippen molar-refractivity contribution in [3.8, 4) is 5.69 Å². The highest BCUT2D eigenvalue weighted by atomic mass is 79.9. The molecule has 1 fully saturated rings. The highest BCUT2D eigenvalue weighted by molar-refractivity contribution is 9.10. The van der Waals surface area contributed by atoms with Gasteiger partial charge in [-0.2, -0.15) is 0 Å². The van der Waals surface area contributed by atoms with Gasteiger partial charge in [-0.05, 0) is 96.4 Å². The van der Waals surface area contributed by atoms with Crippen LogP contribution in [0.4, 0.5) is 5.69 Å². The number of nitrogens with one attached hydrogen (secondary N) is 2. The van der Waals surface area contributed by atoms with Gasteiger partial charge in [0, 0.05) is 40.7 Å². The van der Waals surface area contributed by atoms with Crippen LogP contribution in [0.2, 0.25) is 0 Å². The van der Waals surface area contributed by atoms with Crippen LogP contribution in [0.1, 0.15) is 46.7 Å². The number of nitrogens with zero attached hydrogens (tertiary/aromatic N) is 3. The minimum atomic E-state index is -0.142. The number of pyridine rings is 1. The topological polar surface area (TPSA) is 62.2 Å². The number of rotatable bonds is 7. The van der Waals surface area contributed by atoms with E-state index in [2.05, 4.69) is 73.1 Å². The van der Waals surface area contributed by atoms with Crippen LogP contribution < -0.4 is 10.6 Å². The summed E-state index contributed by atoms with van der Waals surface area (Å²) in [6.07, 6.45) is 2.12. The minimum Gasteiger partial charge on any atom is -0.352 e. The van der Waals surface area contributed by atoms with Crippen molar-refractivity contribution >= 4 is 44.9 Å². The number of carbonyl (C=O) groups is 1. The first-order valence-corrected chi connectivity index (χ1v) is 13.8. The predicted molar refractivity (Wildman–Crippen MR) is 160 cm³/mol. The first-order valence-electron chi connectivity index (χ1n) is 12.6. The zero-order valence-corrected chi connectivity index (χ0v) is 24.0. The summed E-state index contributed by atoms with van der Waals surface area (Å²) in [6, 6.07) is 23.9. The first-order chi connectivity index (χ1) is 18.3. The van der Waals surface area contributed by atoms with Crippen molar-refractivity contribution in [1.29, 1.82) is 0 Å². The van der Waals surface area contributed by atoms with E-state index in [-0.39, 0.29) is 18.0 Å². The number of aryl methyl sites for hydroxylation is 2. The van der Waals surface area contributed by atoms with Crippen LogP contribution in [-0.4, -0.2) is 32.0 Å². The molecule has 2 aromatic carbocycles. The molecule has 2 atom stereocenters. The molecule has 6 nitrogen and oxygen atoms in total. The van der Waals surface area contributed by atoms with E-state index in [0.717, 1.165) is 44.1 Å². The third-order valence-electron chi connectivity index (χ3n) is 7.08. The maximum Gasteiger partial charge on any atom is 0.226 e. The molecule has 3 heterocycles. The molecule has 1 amide bonds. The lowest BCUT2D eigenvalue weighted by Gasteiger charge is -2.28. The molecular formula is C30H30BrN5OS. The van der Waals surface area contributed by atoms with Crippen molar-refractivity contribution in [2.45, 2.75) is 39.3 Å². The summed E-state index contributed by atoms with van der Waals surface area (Å²) in [4.78, 5) is 19.7. The molecule has 1 saturated heterocycles. The third-order valence-corrected chi connectivity index (χ3v) is 8.10. The van der Waals surface area contributed by atoms with E-state index in [0.29, 0.717) is 18.1 Å². The fraction of sp³-hybridized carbons (Fsp3) is 0.233. The smallest absolute Gasteiger partial charge is 0.226 e. The van der Waals surface area contributed by atoms with Crippen LogP contribution in [0.3, 0.4) is 0 Å². The number of para-hydroxylation sites is 2. The van der Waals surface area contributed by atoms with Crippen LogP contribution in [-0.2, 0) is 4.79 Å². The van der Waals surface area contributed by atoms with Gasteiger partial charge in [0.25, 0.3) is 0 Å². The summed E-state index contributed by atoms with van der Waals surface area (Å²) in [5, 5.41) is 7.18. The van der Waals surface area contributed by atoms with Crippen LogP contribution in [0, 0.1) is 20.8 Å². The number of hydrogen-bond donors (Lipinski definition) is 2. The molecule has 5 rings (SSSR count). The Morgan fingerprint density at radius 1 is 1.05 bits per heavy atom. The summed E-state index contributed by atoms with van der Waals surface area (Å²) >= 11 is 9.55. The lowest BCUT2D eigenvalue weighted by atomic mass is 9.96. The maximum atomic E-state index is 12.9. The Bertz CT molecular complexity index is 1490. The number of thiocarbonyl (C=S) groups is 1. The van der Waals surface area contributed by atoms with Gasteiger partial charge in [-0.15, -0.1) is 0 Å². The van der Waals surface area contributed by atoms with Crippen molar-refractivity contribution in [1.82, 2.24) is 19.8 Å². The molecule has 2 aromatic heterocycles. The van der Waals surface area contributed by atoms with Gasteiger partial charge in [0.15, 0.2) is 5.11 Å². The summed E-state index contributed by atoms with van der Waals surface area (Å²) < 4.78 is 3.29. The molecule has 0 saturated carbocycles. The average Bonchev–Trinajstić information content (AvgIpc) is 3.39. The second-order valence-corrected chi connectivity index (χ2v) is 10.8. The monoisotopic (exact) mass is 587 g/mol. The average molecular weight is 589 g/mol. The van der Waals surface area contributed by atoms with Crippen molar-refractivity contribution in [3.63, 3.8) is 0 Å². The third kappa shape index (κ3) is 5.11. The van der Waals surface area contributed by atoms with Gasteiger partial charge in [-0.3, -0.25) is 9.78 Å². The SMILES string of the molecule is Cc1ccccc1NC(=O)CCN1C(=S)N[C@H](c2ccccn2)[C@H]1c1cc(C)n(-c2ccccc2Br)c1C. The maximum absolute atomic E-state index is 12.9. The number of carbonyl (C=O) groups excluding carboxylic acids is 1. The number of aromatic nitrogens is 2. The molecular weight excluding hydrogens is 558 g/mol. The minimum absolute atomic E-state index is 0.0409. The van der Waals surface area contributed by atoms with Crippen LogP contribution in [0.5, 0.6) is 0 Å². The number of amides is 1. The number of hydrogen-bond acceptors (Lipinski definition) is 3. The standard InChI is InChI=1S/C30H30BrN5OS/c1-19-10-4-6-12-24(19)33-27(37)15-17-35-29(28(34-30(35)38)25-13-8-9-16-32-25)22-18-20(2)36(21(22)3)26-14-7-5-11-23(26)31/h4-14,16,18,28-29H,15,17H2,1-3H3,(H,33,37)(H,34,38)/t28-,29-/m1/s1. The van der Waals surface area contributed by atoms with Crippen LogP contribution in [0.15, 0.2) is 83.5 Å². The first kappa shape index (κ1) is 26.1. The van der Waals surface area contributed by atoms with Gasteiger partial charge in [-0.25, -0.2) is 0 Å². The van der Waals surface area contributed by atoms with Gasteiger partial charge in [0.1, 0.15) is 0 Å². The van der Waals surface area contributed by atoms with Crippen molar-refractivity contribution in [3.05, 3.63) is 112 Å². The molecule has 38 heavy (non-hydrogen) atoms. The van der Waals surface area contributed by atoms with Crippen molar-refractivity contribution in [2.75, 3.05) is 11.9 Å². The molecule has 2 N–H and O–H groups in total. The Hall–Kier alpha value is -3.49. The number of benzene rings is 2. The summed E-state index contributed by atoms with van der Waals surface area (Å²) in [5.74, 6) is -0.0409. The summed E-state index contributed by atoms with van der Waals surface area (Å²) in [7, 11) is 0. The van der Waals surface area contributed by atoms with Crippen LogP contribution >= 0.6 is 28.1 Å². The molecule has 0 radical (unpaired) electrons. The van der Waals surface area contributed by atoms with E-state index in [1.54, 1.807) is 6.20 Å². The quantitative estimate of drug-likeness (QED) is 0.240. The molecule has 0 spiro atoms. The molecule has 194 valence electrons. The molecule has 1 aliphatic rings. The fourth-order valence-electron chi connectivity index (χ4n) is 5.22. The Morgan fingerprint density at radius 2 is 1.79 bits per heavy atom. The Balaban J connectivity index is 1.48. The molecule has 0 bridgehead atoms. The Morgan fingerprint density at radius 3 is 2.53 bits per heavy atom. The van der Waals surface area contributed by atoms with Gasteiger partial charge >= 0.3 is 0 Å². The zero-order valence-electron chi connectivity index (χ0n) is 21.6. The van der Waals surface area contributed by atoms with Gasteiger partial charge in [0.05, 0.1) is 23.5 Å². The lowest BCUT2D eigenvalue weighted by molar-refractivity contribution is -0.116. The summed E-state index contributed by atoms with van der Waals surface area (Å²) in [6.45, 7) is 6.73. The number of halogens is 1. The van der Waals surface area contributed by atoms with E-state index in [4.69, 9.17) is 12.2 Å².